The van der Waals surface area contributed by atoms with Gasteiger partial charge in [0.1, 0.15) is 0 Å². The van der Waals surface area contributed by atoms with Gasteiger partial charge >= 0.3 is 0 Å². The molecule has 0 aliphatic heterocycles. The van der Waals surface area contributed by atoms with Gasteiger partial charge in [0, 0.05) is 0 Å². The SMILES string of the molecule is CCCCCCCCCCCCCCCCCCC(CC)(CC)OS(=O)(=O)[O-].[NH4+]. The molecule has 6 heteroatoms. The maximum absolute atomic E-state index is 11.0. The largest absolute Gasteiger partial charge is 0.726 e. The van der Waals surface area contributed by atoms with Crippen LogP contribution in [-0.2, 0) is 14.6 Å². The molecule has 0 bridgehead atoms. The van der Waals surface area contributed by atoms with Crippen LogP contribution in [0.2, 0.25) is 0 Å². The van der Waals surface area contributed by atoms with Crippen molar-refractivity contribution in [3.63, 3.8) is 0 Å². The molecular formula is C23H51NO4S. The van der Waals surface area contributed by atoms with Crippen molar-refractivity contribution in [1.29, 1.82) is 0 Å². The van der Waals surface area contributed by atoms with Crippen molar-refractivity contribution in [2.75, 3.05) is 0 Å². The molecule has 29 heavy (non-hydrogen) atoms. The third-order valence-electron chi connectivity index (χ3n) is 6.05. The zero-order valence-electron chi connectivity index (χ0n) is 20.0. The fourth-order valence-corrected chi connectivity index (χ4v) is 4.73. The first-order chi connectivity index (χ1) is 13.4. The predicted octanol–water partition coefficient (Wildman–Crippen LogP) is 8.05. The van der Waals surface area contributed by atoms with Crippen molar-refractivity contribution in [2.24, 2.45) is 0 Å². The molecule has 5 nitrogen and oxygen atoms in total. The van der Waals surface area contributed by atoms with Crippen LogP contribution in [0.1, 0.15) is 143 Å². The highest BCUT2D eigenvalue weighted by Crippen LogP contribution is 2.29. The summed E-state index contributed by atoms with van der Waals surface area (Å²) in [5, 5.41) is 0. The molecule has 0 aromatic carbocycles. The van der Waals surface area contributed by atoms with Crippen molar-refractivity contribution in [2.45, 2.75) is 148 Å². The summed E-state index contributed by atoms with van der Waals surface area (Å²) >= 11 is 0. The Morgan fingerprint density at radius 2 is 0.931 bits per heavy atom. The van der Waals surface area contributed by atoms with E-state index < -0.39 is 16.0 Å². The summed E-state index contributed by atoms with van der Waals surface area (Å²) in [5.41, 5.74) is -0.795. The van der Waals surface area contributed by atoms with Gasteiger partial charge in [-0.05, 0) is 19.3 Å². The molecule has 0 aliphatic rings. The van der Waals surface area contributed by atoms with Gasteiger partial charge in [-0.3, -0.25) is 4.18 Å². The lowest BCUT2D eigenvalue weighted by Crippen LogP contribution is -2.33. The molecule has 0 unspecified atom stereocenters. The molecule has 0 saturated carbocycles. The summed E-state index contributed by atoms with van der Waals surface area (Å²) in [5.74, 6) is 0. The Morgan fingerprint density at radius 1 is 0.621 bits per heavy atom. The predicted molar refractivity (Wildman–Crippen MR) is 124 cm³/mol. The van der Waals surface area contributed by atoms with Gasteiger partial charge < -0.3 is 10.7 Å². The van der Waals surface area contributed by atoms with Crippen molar-refractivity contribution in [3.8, 4) is 0 Å². The Labute approximate surface area is 182 Å². The minimum atomic E-state index is -4.63. The van der Waals surface area contributed by atoms with E-state index in [1.165, 1.54) is 89.9 Å². The maximum Gasteiger partial charge on any atom is 0.218 e. The van der Waals surface area contributed by atoms with E-state index >= 15 is 0 Å². The molecule has 0 amide bonds. The Balaban J connectivity index is 0. The summed E-state index contributed by atoms with van der Waals surface area (Å²) < 4.78 is 37.7. The highest BCUT2D eigenvalue weighted by molar-refractivity contribution is 7.80. The molecule has 0 rings (SSSR count). The fourth-order valence-electron chi connectivity index (χ4n) is 3.97. The lowest BCUT2D eigenvalue weighted by atomic mass is 9.90. The molecular weight excluding hydrogens is 386 g/mol. The lowest BCUT2D eigenvalue weighted by molar-refractivity contribution is 0.0414. The minimum absolute atomic E-state index is 0. The smallest absolute Gasteiger partial charge is 0.218 e. The van der Waals surface area contributed by atoms with Crippen molar-refractivity contribution in [3.05, 3.63) is 0 Å². The summed E-state index contributed by atoms with van der Waals surface area (Å²) in [6.45, 7) is 6.05. The molecule has 0 aliphatic carbocycles. The van der Waals surface area contributed by atoms with Crippen LogP contribution in [0, 0.1) is 0 Å². The molecule has 178 valence electrons. The first-order valence-corrected chi connectivity index (χ1v) is 13.4. The van der Waals surface area contributed by atoms with Gasteiger partial charge in [-0.25, -0.2) is 8.42 Å². The molecule has 0 saturated heterocycles. The first kappa shape index (κ1) is 31.0. The van der Waals surface area contributed by atoms with Gasteiger partial charge in [0.05, 0.1) is 5.60 Å². The van der Waals surface area contributed by atoms with Gasteiger partial charge in [-0.2, -0.15) is 0 Å². The van der Waals surface area contributed by atoms with Crippen LogP contribution in [0.4, 0.5) is 0 Å². The molecule has 4 N–H and O–H groups in total. The van der Waals surface area contributed by atoms with E-state index in [1.807, 2.05) is 13.8 Å². The molecule has 0 aromatic rings. The fraction of sp³-hybridized carbons (Fsp3) is 1.00. The van der Waals surface area contributed by atoms with Gasteiger partial charge in [0.2, 0.25) is 10.4 Å². The van der Waals surface area contributed by atoms with Crippen LogP contribution >= 0.6 is 0 Å². The average Bonchev–Trinajstić information content (AvgIpc) is 2.65. The monoisotopic (exact) mass is 437 g/mol. The van der Waals surface area contributed by atoms with Gasteiger partial charge in [0.15, 0.2) is 0 Å². The number of hydrogen-bond donors (Lipinski definition) is 1. The average molecular weight is 438 g/mol. The molecule has 0 fully saturated rings. The van der Waals surface area contributed by atoms with Crippen LogP contribution < -0.4 is 6.15 Å². The number of hydrogen-bond acceptors (Lipinski definition) is 4. The van der Waals surface area contributed by atoms with Crippen LogP contribution in [0.15, 0.2) is 0 Å². The van der Waals surface area contributed by atoms with E-state index in [-0.39, 0.29) is 6.15 Å². The van der Waals surface area contributed by atoms with Crippen LogP contribution in [0.25, 0.3) is 0 Å². The van der Waals surface area contributed by atoms with E-state index in [0.717, 1.165) is 12.8 Å². The van der Waals surface area contributed by atoms with Crippen molar-refractivity contribution < 1.29 is 17.2 Å². The summed E-state index contributed by atoms with van der Waals surface area (Å²) in [7, 11) is -4.63. The highest BCUT2D eigenvalue weighted by Gasteiger charge is 2.29. The summed E-state index contributed by atoms with van der Waals surface area (Å²) in [4.78, 5) is 0. The Hall–Kier alpha value is -0.170. The first-order valence-electron chi connectivity index (χ1n) is 12.1. The van der Waals surface area contributed by atoms with Crippen molar-refractivity contribution in [1.82, 2.24) is 6.15 Å². The number of rotatable bonds is 21. The van der Waals surface area contributed by atoms with E-state index in [0.29, 0.717) is 19.3 Å². The van der Waals surface area contributed by atoms with Gasteiger partial charge in [-0.1, -0.05) is 124 Å². The molecule has 0 spiro atoms. The van der Waals surface area contributed by atoms with E-state index in [4.69, 9.17) is 4.18 Å². The second-order valence-electron chi connectivity index (χ2n) is 8.44. The standard InChI is InChI=1S/C23H48O4S.H3N/c1-4-7-8-9-10-11-12-13-14-15-16-17-18-19-20-21-22-23(5-2,6-3)27-28(24,25)26;/h4-22H2,1-3H3,(H,24,25,26);1H3. The zero-order valence-corrected chi connectivity index (χ0v) is 20.8. The van der Waals surface area contributed by atoms with Gasteiger partial charge in [-0.15, -0.1) is 0 Å². The third-order valence-corrected chi connectivity index (χ3v) is 6.61. The quantitative estimate of drug-likeness (QED) is 0.111. The minimum Gasteiger partial charge on any atom is -0.726 e. The highest BCUT2D eigenvalue weighted by atomic mass is 32.3. The molecule has 0 atom stereocenters. The normalized spacial score (nSPS) is 12.1. The third kappa shape index (κ3) is 19.5. The number of quaternary nitrogens is 1. The van der Waals surface area contributed by atoms with E-state index in [1.54, 1.807) is 0 Å². The topological polar surface area (TPSA) is 103 Å². The number of unbranched alkanes of at least 4 members (excludes halogenated alkanes) is 15. The van der Waals surface area contributed by atoms with Crippen LogP contribution in [0.5, 0.6) is 0 Å². The Bertz CT molecular complexity index is 436. The van der Waals surface area contributed by atoms with E-state index in [2.05, 4.69) is 6.92 Å². The van der Waals surface area contributed by atoms with E-state index in [9.17, 15) is 13.0 Å². The maximum atomic E-state index is 11.0. The van der Waals surface area contributed by atoms with Gasteiger partial charge in [0.25, 0.3) is 0 Å². The molecule has 0 radical (unpaired) electrons. The van der Waals surface area contributed by atoms with Crippen LogP contribution in [-0.4, -0.2) is 18.6 Å². The second-order valence-corrected chi connectivity index (χ2v) is 9.42. The molecule has 0 aromatic heterocycles. The second kappa shape index (κ2) is 19.8. The van der Waals surface area contributed by atoms with Crippen LogP contribution in [0.3, 0.4) is 0 Å². The molecule has 0 heterocycles. The summed E-state index contributed by atoms with van der Waals surface area (Å²) in [6.07, 6.45) is 22.8. The van der Waals surface area contributed by atoms with Crippen molar-refractivity contribution >= 4 is 10.4 Å². The zero-order chi connectivity index (χ0) is 21.1. The Kier molecular flexibility index (Phi) is 21.2. The Morgan fingerprint density at radius 3 is 1.21 bits per heavy atom. The summed E-state index contributed by atoms with van der Waals surface area (Å²) in [6, 6.07) is 0. The lowest BCUT2D eigenvalue weighted by Gasteiger charge is -2.32.